The first-order valence-corrected chi connectivity index (χ1v) is 7.48. The van der Waals surface area contributed by atoms with Crippen molar-refractivity contribution in [2.45, 2.75) is 26.2 Å². The molecule has 2 rings (SSSR count). The van der Waals surface area contributed by atoms with Gasteiger partial charge >= 0.3 is 0 Å². The monoisotopic (exact) mass is 275 g/mol. The predicted molar refractivity (Wildman–Crippen MR) is 83.4 cm³/mol. The van der Waals surface area contributed by atoms with Gasteiger partial charge in [0.15, 0.2) is 5.96 Å². The van der Waals surface area contributed by atoms with Crippen LogP contribution in [0.1, 0.15) is 25.3 Å². The number of rotatable bonds is 7. The van der Waals surface area contributed by atoms with Gasteiger partial charge in [-0.3, -0.25) is 4.99 Å². The lowest BCUT2D eigenvalue weighted by atomic mass is 10.1. The highest BCUT2D eigenvalue weighted by molar-refractivity contribution is 5.79. The Hall–Kier alpha value is -1.71. The van der Waals surface area contributed by atoms with E-state index in [2.05, 4.69) is 27.8 Å². The average molecular weight is 275 g/mol. The minimum absolute atomic E-state index is 0.703. The highest BCUT2D eigenvalue weighted by Crippen LogP contribution is 2.27. The smallest absolute Gasteiger partial charge is 0.190 e. The van der Waals surface area contributed by atoms with Crippen LogP contribution in [-0.4, -0.2) is 32.7 Å². The molecular weight excluding hydrogens is 250 g/mol. The van der Waals surface area contributed by atoms with E-state index >= 15 is 0 Å². The minimum atomic E-state index is 0.703. The SMILES string of the molecule is CCOc1ccccc1CCNC(=NC)NCC1CC1. The molecule has 0 spiro atoms. The Morgan fingerprint density at radius 3 is 2.80 bits per heavy atom. The van der Waals surface area contributed by atoms with Gasteiger partial charge in [-0.05, 0) is 43.7 Å². The standard InChI is InChI=1S/C16H25N3O/c1-3-20-15-7-5-4-6-14(15)10-11-18-16(17-2)19-12-13-8-9-13/h4-7,13H,3,8-12H2,1-2H3,(H2,17,18,19). The Morgan fingerprint density at radius 2 is 2.10 bits per heavy atom. The molecule has 0 unspecified atom stereocenters. The van der Waals surface area contributed by atoms with Crippen molar-refractivity contribution in [3.63, 3.8) is 0 Å². The largest absolute Gasteiger partial charge is 0.494 e. The summed E-state index contributed by atoms with van der Waals surface area (Å²) in [5.41, 5.74) is 1.24. The fourth-order valence-corrected chi connectivity index (χ4v) is 2.11. The molecule has 0 aromatic heterocycles. The summed E-state index contributed by atoms with van der Waals surface area (Å²) in [5, 5.41) is 6.72. The first-order chi connectivity index (χ1) is 9.83. The maximum absolute atomic E-state index is 5.63. The average Bonchev–Trinajstić information content (AvgIpc) is 3.29. The van der Waals surface area contributed by atoms with E-state index in [1.165, 1.54) is 18.4 Å². The van der Waals surface area contributed by atoms with Gasteiger partial charge in [-0.2, -0.15) is 0 Å². The highest BCUT2D eigenvalue weighted by atomic mass is 16.5. The van der Waals surface area contributed by atoms with Crippen LogP contribution in [0.2, 0.25) is 0 Å². The predicted octanol–water partition coefficient (Wildman–Crippen LogP) is 2.20. The number of para-hydroxylation sites is 1. The Kier molecular flexibility index (Phi) is 5.71. The van der Waals surface area contributed by atoms with Gasteiger partial charge in [-0.25, -0.2) is 0 Å². The van der Waals surface area contributed by atoms with Crippen molar-refractivity contribution in [3.8, 4) is 5.75 Å². The van der Waals surface area contributed by atoms with Crippen molar-refractivity contribution < 1.29 is 4.74 Å². The van der Waals surface area contributed by atoms with Gasteiger partial charge in [0.05, 0.1) is 6.61 Å². The summed E-state index contributed by atoms with van der Waals surface area (Å²) in [6, 6.07) is 8.21. The highest BCUT2D eigenvalue weighted by Gasteiger charge is 2.20. The second kappa shape index (κ2) is 7.78. The summed E-state index contributed by atoms with van der Waals surface area (Å²) in [6.07, 6.45) is 3.64. The van der Waals surface area contributed by atoms with Crippen LogP contribution in [0.5, 0.6) is 5.75 Å². The van der Waals surface area contributed by atoms with Crippen molar-refractivity contribution >= 4 is 5.96 Å². The van der Waals surface area contributed by atoms with Gasteiger partial charge in [0.25, 0.3) is 0 Å². The second-order valence-electron chi connectivity index (χ2n) is 5.11. The summed E-state index contributed by atoms with van der Waals surface area (Å²) in [5.74, 6) is 2.73. The molecule has 4 nitrogen and oxygen atoms in total. The van der Waals surface area contributed by atoms with Crippen molar-refractivity contribution in [1.29, 1.82) is 0 Å². The van der Waals surface area contributed by atoms with Gasteiger partial charge in [0, 0.05) is 20.1 Å². The normalized spacial score (nSPS) is 15.0. The van der Waals surface area contributed by atoms with Crippen LogP contribution in [0.4, 0.5) is 0 Å². The summed E-state index contributed by atoms with van der Waals surface area (Å²) in [4.78, 5) is 4.24. The number of nitrogens with one attached hydrogen (secondary N) is 2. The number of hydrogen-bond acceptors (Lipinski definition) is 2. The Labute approximate surface area is 121 Å². The molecule has 1 aromatic carbocycles. The number of nitrogens with zero attached hydrogens (tertiary/aromatic N) is 1. The first-order valence-electron chi connectivity index (χ1n) is 7.48. The van der Waals surface area contributed by atoms with E-state index in [0.29, 0.717) is 6.61 Å². The number of guanidine groups is 1. The summed E-state index contributed by atoms with van der Waals surface area (Å²) in [6.45, 7) is 4.61. The van der Waals surface area contributed by atoms with Crippen molar-refractivity contribution in [2.75, 3.05) is 26.7 Å². The second-order valence-corrected chi connectivity index (χ2v) is 5.11. The lowest BCUT2D eigenvalue weighted by Crippen LogP contribution is -2.39. The van der Waals surface area contributed by atoms with E-state index < -0.39 is 0 Å². The Morgan fingerprint density at radius 1 is 1.30 bits per heavy atom. The van der Waals surface area contributed by atoms with Crippen molar-refractivity contribution in [2.24, 2.45) is 10.9 Å². The van der Waals surface area contributed by atoms with E-state index in [4.69, 9.17) is 4.74 Å². The number of ether oxygens (including phenoxy) is 1. The lowest BCUT2D eigenvalue weighted by molar-refractivity contribution is 0.336. The van der Waals surface area contributed by atoms with Crippen LogP contribution in [0.15, 0.2) is 29.3 Å². The van der Waals surface area contributed by atoms with Crippen LogP contribution < -0.4 is 15.4 Å². The maximum atomic E-state index is 5.63. The van der Waals surface area contributed by atoms with E-state index in [1.807, 2.05) is 26.1 Å². The Balaban J connectivity index is 1.76. The topological polar surface area (TPSA) is 45.6 Å². The molecule has 0 radical (unpaired) electrons. The van der Waals surface area contributed by atoms with Crippen LogP contribution >= 0.6 is 0 Å². The van der Waals surface area contributed by atoms with Crippen LogP contribution in [0.3, 0.4) is 0 Å². The van der Waals surface area contributed by atoms with Crippen LogP contribution in [0.25, 0.3) is 0 Å². The van der Waals surface area contributed by atoms with Crippen LogP contribution in [-0.2, 0) is 6.42 Å². The van der Waals surface area contributed by atoms with E-state index in [-0.39, 0.29) is 0 Å². The minimum Gasteiger partial charge on any atom is -0.494 e. The van der Waals surface area contributed by atoms with Gasteiger partial charge in [0.1, 0.15) is 5.75 Å². The molecule has 1 saturated carbocycles. The summed E-state index contributed by atoms with van der Waals surface area (Å²) in [7, 11) is 1.82. The Bertz CT molecular complexity index is 441. The van der Waals surface area contributed by atoms with Crippen LogP contribution in [0, 0.1) is 5.92 Å². The van der Waals surface area contributed by atoms with Gasteiger partial charge < -0.3 is 15.4 Å². The zero-order valence-corrected chi connectivity index (χ0v) is 12.5. The van der Waals surface area contributed by atoms with Crippen molar-refractivity contribution in [1.82, 2.24) is 10.6 Å². The van der Waals surface area contributed by atoms with E-state index in [1.54, 1.807) is 0 Å². The van der Waals surface area contributed by atoms with Gasteiger partial charge in [0.2, 0.25) is 0 Å². The molecule has 0 heterocycles. The maximum Gasteiger partial charge on any atom is 0.190 e. The molecule has 0 atom stereocenters. The third kappa shape index (κ3) is 4.76. The first kappa shape index (κ1) is 14.7. The molecular formula is C16H25N3O. The van der Waals surface area contributed by atoms with Gasteiger partial charge in [-0.15, -0.1) is 0 Å². The fraction of sp³-hybridized carbons (Fsp3) is 0.562. The molecule has 0 amide bonds. The third-order valence-corrected chi connectivity index (χ3v) is 3.44. The number of hydrogen-bond donors (Lipinski definition) is 2. The summed E-state index contributed by atoms with van der Waals surface area (Å²) < 4.78 is 5.63. The molecule has 0 aliphatic heterocycles. The quantitative estimate of drug-likeness (QED) is 0.592. The lowest BCUT2D eigenvalue weighted by Gasteiger charge is -2.13. The number of aliphatic imine (C=N–C) groups is 1. The third-order valence-electron chi connectivity index (χ3n) is 3.44. The summed E-state index contributed by atoms with van der Waals surface area (Å²) >= 11 is 0. The molecule has 1 fully saturated rings. The number of benzene rings is 1. The molecule has 1 aliphatic carbocycles. The molecule has 110 valence electrons. The van der Waals surface area contributed by atoms with Crippen molar-refractivity contribution in [3.05, 3.63) is 29.8 Å². The van der Waals surface area contributed by atoms with E-state index in [9.17, 15) is 0 Å². The molecule has 1 aliphatic rings. The molecule has 1 aromatic rings. The molecule has 0 saturated heterocycles. The zero-order chi connectivity index (χ0) is 14.2. The van der Waals surface area contributed by atoms with Gasteiger partial charge in [-0.1, -0.05) is 18.2 Å². The molecule has 4 heteroatoms. The molecule has 20 heavy (non-hydrogen) atoms. The van der Waals surface area contributed by atoms with E-state index in [0.717, 1.165) is 37.1 Å². The molecule has 0 bridgehead atoms. The zero-order valence-electron chi connectivity index (χ0n) is 12.5. The fourth-order valence-electron chi connectivity index (χ4n) is 2.11. The molecule has 2 N–H and O–H groups in total.